The molecule has 34 heavy (non-hydrogen) atoms. The van der Waals surface area contributed by atoms with E-state index in [0.717, 1.165) is 41.4 Å². The molecule has 1 aliphatic heterocycles. The molecule has 1 aromatic rings. The SMILES string of the molecule is CC[N+](C)(CC)CCOC(=O)C1CCCC(C)[N+]1(C)C.I.I.O=C(O)c1ccccc1C(=O)O. The number of halogens is 2. The van der Waals surface area contributed by atoms with Crippen LogP contribution in [0.2, 0.25) is 0 Å². The predicted molar refractivity (Wildman–Crippen MR) is 153 cm³/mol. The molecule has 0 aliphatic carbocycles. The summed E-state index contributed by atoms with van der Waals surface area (Å²) in [6, 6.07) is 6.03. The minimum Gasteiger partial charge on any atom is -0.478 e. The molecule has 2 unspecified atom stereocenters. The molecule has 0 radical (unpaired) electrons. The Morgan fingerprint density at radius 3 is 1.88 bits per heavy atom. The van der Waals surface area contributed by atoms with Crippen molar-refractivity contribution in [3.8, 4) is 0 Å². The first-order chi connectivity index (χ1) is 14.9. The van der Waals surface area contributed by atoms with Gasteiger partial charge in [-0.3, -0.25) is 0 Å². The molecule has 0 spiro atoms. The normalized spacial score (nSPS) is 18.8. The van der Waals surface area contributed by atoms with Gasteiger partial charge in [-0.15, -0.1) is 48.0 Å². The van der Waals surface area contributed by atoms with Crippen LogP contribution in [0.1, 0.15) is 60.7 Å². The van der Waals surface area contributed by atoms with E-state index >= 15 is 0 Å². The number of likely N-dealkylation sites (N-methyl/N-ethyl adjacent to an activating group) is 2. The molecule has 1 aliphatic rings. The van der Waals surface area contributed by atoms with Gasteiger partial charge in [0.25, 0.3) is 0 Å². The number of carboxylic acids is 2. The van der Waals surface area contributed by atoms with Crippen molar-refractivity contribution >= 4 is 65.9 Å². The Kier molecular flexibility index (Phi) is 16.4. The monoisotopic (exact) mass is 708 g/mol. The number of hydrogen-bond donors (Lipinski definition) is 2. The fraction of sp³-hybridized carbons (Fsp3) is 0.625. The van der Waals surface area contributed by atoms with Gasteiger partial charge >= 0.3 is 17.9 Å². The van der Waals surface area contributed by atoms with Crippen LogP contribution in [0.5, 0.6) is 0 Å². The summed E-state index contributed by atoms with van der Waals surface area (Å²) in [4.78, 5) is 33.3. The van der Waals surface area contributed by atoms with Crippen LogP contribution >= 0.6 is 48.0 Å². The van der Waals surface area contributed by atoms with Gasteiger partial charge in [0, 0.05) is 6.42 Å². The van der Waals surface area contributed by atoms with Crippen molar-refractivity contribution in [1.29, 1.82) is 0 Å². The Balaban J connectivity index is 0. The smallest absolute Gasteiger partial charge is 0.365 e. The second-order valence-corrected chi connectivity index (χ2v) is 9.22. The lowest BCUT2D eigenvalue weighted by atomic mass is 9.94. The number of carbonyl (C=O) groups excluding carboxylic acids is 1. The van der Waals surface area contributed by atoms with E-state index in [0.29, 0.717) is 12.6 Å². The molecule has 2 atom stereocenters. The highest BCUT2D eigenvalue weighted by molar-refractivity contribution is 14.0. The summed E-state index contributed by atoms with van der Waals surface area (Å²) < 4.78 is 7.33. The molecule has 196 valence electrons. The van der Waals surface area contributed by atoms with Gasteiger partial charge in [-0.2, -0.15) is 0 Å². The second kappa shape index (κ2) is 15.9. The van der Waals surface area contributed by atoms with Crippen molar-refractivity contribution in [2.24, 2.45) is 0 Å². The van der Waals surface area contributed by atoms with Crippen LogP contribution < -0.4 is 0 Å². The quantitative estimate of drug-likeness (QED) is 0.237. The van der Waals surface area contributed by atoms with Crippen LogP contribution in [0.3, 0.4) is 0 Å². The van der Waals surface area contributed by atoms with Crippen molar-refractivity contribution in [2.45, 2.75) is 52.1 Å². The maximum Gasteiger partial charge on any atom is 0.365 e. The summed E-state index contributed by atoms with van der Waals surface area (Å²) in [7, 11) is 6.54. The number of piperidine rings is 1. The average molecular weight is 708 g/mol. The first-order valence-corrected chi connectivity index (χ1v) is 11.3. The molecule has 1 aromatic carbocycles. The molecule has 0 aromatic heterocycles. The molecule has 1 fully saturated rings. The summed E-state index contributed by atoms with van der Waals surface area (Å²) in [6.07, 6.45) is 3.31. The predicted octanol–water partition coefficient (Wildman–Crippen LogP) is 4.35. The van der Waals surface area contributed by atoms with Crippen molar-refractivity contribution in [3.05, 3.63) is 35.4 Å². The number of carboxylic acid groups (broad SMARTS) is 2. The van der Waals surface area contributed by atoms with Crippen molar-refractivity contribution < 1.29 is 38.3 Å². The highest BCUT2D eigenvalue weighted by atomic mass is 127. The Hall–Kier alpha value is -0.990. The number of rotatable bonds is 8. The van der Waals surface area contributed by atoms with Crippen LogP contribution in [0.15, 0.2) is 24.3 Å². The van der Waals surface area contributed by atoms with E-state index in [1.54, 1.807) is 0 Å². The van der Waals surface area contributed by atoms with Crippen molar-refractivity contribution in [3.63, 3.8) is 0 Å². The highest BCUT2D eigenvalue weighted by Crippen LogP contribution is 2.28. The van der Waals surface area contributed by atoms with Gasteiger partial charge in [0.1, 0.15) is 13.2 Å². The Morgan fingerprint density at radius 1 is 1.00 bits per heavy atom. The lowest BCUT2D eigenvalue weighted by Crippen LogP contribution is -2.60. The van der Waals surface area contributed by atoms with Crippen molar-refractivity contribution in [2.75, 3.05) is 47.4 Å². The Bertz CT molecular complexity index is 766. The zero-order valence-corrected chi connectivity index (χ0v) is 25.8. The van der Waals surface area contributed by atoms with E-state index in [1.165, 1.54) is 30.7 Å². The third-order valence-electron chi connectivity index (χ3n) is 7.10. The number of benzene rings is 1. The fourth-order valence-corrected chi connectivity index (χ4v) is 3.83. The second-order valence-electron chi connectivity index (χ2n) is 9.22. The van der Waals surface area contributed by atoms with E-state index in [-0.39, 0.29) is 71.1 Å². The van der Waals surface area contributed by atoms with Gasteiger partial charge in [-0.1, -0.05) is 12.1 Å². The van der Waals surface area contributed by atoms with Crippen molar-refractivity contribution in [1.82, 2.24) is 0 Å². The molecule has 1 heterocycles. The zero-order chi connectivity index (χ0) is 24.5. The van der Waals surface area contributed by atoms with E-state index in [1.807, 2.05) is 0 Å². The van der Waals surface area contributed by atoms with E-state index in [2.05, 4.69) is 41.9 Å². The number of ether oxygens (including phenoxy) is 1. The number of likely N-dealkylation sites (tertiary alicyclic amines) is 1. The zero-order valence-electron chi connectivity index (χ0n) is 21.2. The molecule has 2 N–H and O–H groups in total. The highest BCUT2D eigenvalue weighted by Gasteiger charge is 2.42. The van der Waals surface area contributed by atoms with Gasteiger partial charge < -0.3 is 23.9 Å². The maximum atomic E-state index is 12.4. The van der Waals surface area contributed by atoms with Gasteiger partial charge in [-0.05, 0) is 45.7 Å². The molecule has 0 saturated carbocycles. The van der Waals surface area contributed by atoms with Crippen LogP contribution in [-0.2, 0) is 9.53 Å². The third-order valence-corrected chi connectivity index (χ3v) is 7.10. The summed E-state index contributed by atoms with van der Waals surface area (Å²) in [5.74, 6) is -2.46. The lowest BCUT2D eigenvalue weighted by Gasteiger charge is -2.45. The van der Waals surface area contributed by atoms with Crippen LogP contribution in [0.4, 0.5) is 0 Å². The maximum absolute atomic E-state index is 12.4. The molecule has 10 heteroatoms. The van der Waals surface area contributed by atoms with E-state index in [9.17, 15) is 14.4 Å². The number of nitrogens with zero attached hydrogens (tertiary/aromatic N) is 2. The molecule has 0 amide bonds. The molecular weight excluding hydrogens is 666 g/mol. The Labute approximate surface area is 237 Å². The fourth-order valence-electron chi connectivity index (χ4n) is 3.83. The van der Waals surface area contributed by atoms with Gasteiger partial charge in [0.2, 0.25) is 0 Å². The molecule has 0 bridgehead atoms. The standard InChI is InChI=1S/C16H34N2O2.C8H6O4.2HI/c1-7-18(6,8-2)12-13-20-16(19)15-11-9-10-14(3)17(15,4)5;9-7(10)5-3-1-2-4-6(5)8(11)12;;/h14-15H,7-13H2,1-6H3;1-4H,(H,9,10)(H,11,12);2*1H/q+2;;;. The minimum atomic E-state index is -1.23. The molecular formula is C24H42I2N2O6+2. The van der Waals surface area contributed by atoms with Crippen LogP contribution in [0.25, 0.3) is 0 Å². The van der Waals surface area contributed by atoms with Gasteiger partial charge in [0.15, 0.2) is 6.04 Å². The van der Waals surface area contributed by atoms with Gasteiger partial charge in [-0.25, -0.2) is 14.4 Å². The number of carbonyl (C=O) groups is 3. The first kappa shape index (κ1) is 35.2. The number of quaternary nitrogens is 2. The van der Waals surface area contributed by atoms with E-state index in [4.69, 9.17) is 14.9 Å². The molecule has 2 rings (SSSR count). The van der Waals surface area contributed by atoms with Crippen LogP contribution in [-0.4, -0.2) is 96.6 Å². The van der Waals surface area contributed by atoms with Crippen LogP contribution in [0, 0.1) is 0 Å². The minimum absolute atomic E-state index is 0. The summed E-state index contributed by atoms with van der Waals surface area (Å²) in [6.45, 7) is 10.2. The third kappa shape index (κ3) is 9.94. The first-order valence-electron chi connectivity index (χ1n) is 11.3. The molecule has 1 saturated heterocycles. The number of hydrogen-bond acceptors (Lipinski definition) is 4. The summed E-state index contributed by atoms with van der Waals surface area (Å²) in [5.41, 5.74) is -0.380. The summed E-state index contributed by atoms with van der Waals surface area (Å²) in [5, 5.41) is 17.1. The average Bonchev–Trinajstić information content (AvgIpc) is 2.75. The largest absolute Gasteiger partial charge is 0.478 e. The Morgan fingerprint density at radius 2 is 1.47 bits per heavy atom. The summed E-state index contributed by atoms with van der Waals surface area (Å²) >= 11 is 0. The van der Waals surface area contributed by atoms with Gasteiger partial charge in [0.05, 0.1) is 51.4 Å². The number of aromatic carboxylic acids is 2. The lowest BCUT2D eigenvalue weighted by molar-refractivity contribution is -0.934. The number of esters is 1. The molecule has 8 nitrogen and oxygen atoms in total. The van der Waals surface area contributed by atoms with E-state index < -0.39 is 11.9 Å². The topological polar surface area (TPSA) is 101 Å².